The lowest BCUT2D eigenvalue weighted by Gasteiger charge is -2.33. The summed E-state index contributed by atoms with van der Waals surface area (Å²) in [6.45, 7) is 2.17. The lowest BCUT2D eigenvalue weighted by atomic mass is 9.88. The second kappa shape index (κ2) is 8.98. The molecule has 1 aliphatic heterocycles. The molecule has 0 saturated heterocycles. The first-order valence-corrected chi connectivity index (χ1v) is 11.4. The van der Waals surface area contributed by atoms with Crippen LogP contribution >= 0.6 is 0 Å². The highest BCUT2D eigenvalue weighted by Crippen LogP contribution is 2.44. The number of hydrogen-bond donors (Lipinski definition) is 2. The van der Waals surface area contributed by atoms with Gasteiger partial charge in [0.15, 0.2) is 5.78 Å². The van der Waals surface area contributed by atoms with Crippen molar-refractivity contribution in [3.63, 3.8) is 0 Å². The second-order valence-corrected chi connectivity index (χ2v) is 8.46. The first-order chi connectivity index (χ1) is 16.1. The largest absolute Gasteiger partial charge is 0.467 e. The summed E-state index contributed by atoms with van der Waals surface area (Å²) in [6.07, 6.45) is 4.66. The SMILES string of the molecule is CCc1ccc(NC(=O)CN2c3ccccc3NC3=C(C(=O)CCC3)[C@H]2c2ccco2)cc1. The molecule has 1 aliphatic carbocycles. The third-order valence-electron chi connectivity index (χ3n) is 6.31. The summed E-state index contributed by atoms with van der Waals surface area (Å²) in [4.78, 5) is 28.3. The van der Waals surface area contributed by atoms with E-state index in [0.29, 0.717) is 17.8 Å². The molecular formula is C27H27N3O3. The zero-order valence-electron chi connectivity index (χ0n) is 18.6. The molecule has 1 aromatic heterocycles. The van der Waals surface area contributed by atoms with Crippen LogP contribution in [0.4, 0.5) is 17.1 Å². The van der Waals surface area contributed by atoms with Crippen LogP contribution in [0.2, 0.25) is 0 Å². The third-order valence-corrected chi connectivity index (χ3v) is 6.31. The number of carbonyl (C=O) groups is 2. The Morgan fingerprint density at radius 2 is 1.91 bits per heavy atom. The molecule has 0 spiro atoms. The average Bonchev–Trinajstić information content (AvgIpc) is 3.31. The summed E-state index contributed by atoms with van der Waals surface area (Å²) < 4.78 is 5.81. The van der Waals surface area contributed by atoms with Gasteiger partial charge in [0.1, 0.15) is 11.8 Å². The molecule has 1 amide bonds. The van der Waals surface area contributed by atoms with Gasteiger partial charge in [-0.25, -0.2) is 0 Å². The number of nitrogens with one attached hydrogen (secondary N) is 2. The molecule has 2 N–H and O–H groups in total. The molecule has 5 rings (SSSR count). The normalized spacial score (nSPS) is 17.7. The van der Waals surface area contributed by atoms with Crippen molar-refractivity contribution in [3.05, 3.63) is 89.5 Å². The van der Waals surface area contributed by atoms with Crippen LogP contribution in [0.3, 0.4) is 0 Å². The van der Waals surface area contributed by atoms with Gasteiger partial charge in [-0.1, -0.05) is 31.2 Å². The Kier molecular flexibility index (Phi) is 5.73. The van der Waals surface area contributed by atoms with Crippen LogP contribution in [-0.4, -0.2) is 18.2 Å². The number of fused-ring (bicyclic) bond motifs is 1. The van der Waals surface area contributed by atoms with Gasteiger partial charge in [0, 0.05) is 23.4 Å². The highest BCUT2D eigenvalue weighted by atomic mass is 16.3. The Labute approximate surface area is 193 Å². The van der Waals surface area contributed by atoms with E-state index in [1.54, 1.807) is 6.26 Å². The van der Waals surface area contributed by atoms with Gasteiger partial charge in [-0.15, -0.1) is 0 Å². The van der Waals surface area contributed by atoms with Gasteiger partial charge < -0.3 is 20.0 Å². The van der Waals surface area contributed by atoms with Crippen LogP contribution in [0.15, 0.2) is 82.6 Å². The van der Waals surface area contributed by atoms with E-state index in [-0.39, 0.29) is 18.2 Å². The van der Waals surface area contributed by atoms with Crippen molar-refractivity contribution < 1.29 is 14.0 Å². The van der Waals surface area contributed by atoms with E-state index in [1.807, 2.05) is 65.6 Å². The van der Waals surface area contributed by atoms with Gasteiger partial charge >= 0.3 is 0 Å². The van der Waals surface area contributed by atoms with E-state index >= 15 is 0 Å². The van der Waals surface area contributed by atoms with E-state index in [4.69, 9.17) is 4.42 Å². The van der Waals surface area contributed by atoms with Crippen molar-refractivity contribution in [2.24, 2.45) is 0 Å². The predicted octanol–water partition coefficient (Wildman–Crippen LogP) is 5.46. The van der Waals surface area contributed by atoms with E-state index in [9.17, 15) is 9.59 Å². The van der Waals surface area contributed by atoms with Gasteiger partial charge in [-0.05, 0) is 61.2 Å². The van der Waals surface area contributed by atoms with Crippen molar-refractivity contribution in [3.8, 4) is 0 Å². The Hall–Kier alpha value is -3.80. The molecule has 0 saturated carbocycles. The van der Waals surface area contributed by atoms with Crippen molar-refractivity contribution in [1.29, 1.82) is 0 Å². The zero-order valence-corrected chi connectivity index (χ0v) is 18.6. The molecule has 0 bridgehead atoms. The van der Waals surface area contributed by atoms with E-state index in [1.165, 1.54) is 5.56 Å². The molecule has 0 fully saturated rings. The zero-order chi connectivity index (χ0) is 22.8. The lowest BCUT2D eigenvalue weighted by molar-refractivity contribution is -0.117. The number of anilines is 3. The molecule has 3 aromatic rings. The maximum Gasteiger partial charge on any atom is 0.243 e. The van der Waals surface area contributed by atoms with E-state index in [0.717, 1.165) is 42.0 Å². The number of hydrogen-bond acceptors (Lipinski definition) is 5. The smallest absolute Gasteiger partial charge is 0.243 e. The summed E-state index contributed by atoms with van der Waals surface area (Å²) in [6, 6.07) is 19.0. The van der Waals surface area contributed by atoms with Gasteiger partial charge in [0.2, 0.25) is 5.91 Å². The maximum absolute atomic E-state index is 13.2. The van der Waals surface area contributed by atoms with Crippen molar-refractivity contribution >= 4 is 28.8 Å². The van der Waals surface area contributed by atoms with E-state index in [2.05, 4.69) is 17.6 Å². The monoisotopic (exact) mass is 441 g/mol. The van der Waals surface area contributed by atoms with Crippen molar-refractivity contribution in [2.75, 3.05) is 22.1 Å². The number of para-hydroxylation sites is 2. The van der Waals surface area contributed by atoms with Crippen LogP contribution in [0.25, 0.3) is 0 Å². The maximum atomic E-state index is 13.2. The minimum atomic E-state index is -0.479. The van der Waals surface area contributed by atoms with Crippen LogP contribution < -0.4 is 15.5 Å². The Bertz CT molecular complexity index is 1200. The average molecular weight is 442 g/mol. The molecule has 168 valence electrons. The number of benzene rings is 2. The molecule has 0 unspecified atom stereocenters. The first-order valence-electron chi connectivity index (χ1n) is 11.4. The van der Waals surface area contributed by atoms with Crippen LogP contribution in [0.1, 0.15) is 43.6 Å². The molecule has 0 radical (unpaired) electrons. The second-order valence-electron chi connectivity index (χ2n) is 8.46. The summed E-state index contributed by atoms with van der Waals surface area (Å²) in [7, 11) is 0. The Morgan fingerprint density at radius 1 is 1.09 bits per heavy atom. The number of amides is 1. The van der Waals surface area contributed by atoms with Gasteiger partial charge in [-0.3, -0.25) is 9.59 Å². The minimum Gasteiger partial charge on any atom is -0.467 e. The predicted molar refractivity (Wildman–Crippen MR) is 129 cm³/mol. The molecule has 1 atom stereocenters. The summed E-state index contributed by atoms with van der Waals surface area (Å²) >= 11 is 0. The van der Waals surface area contributed by atoms with E-state index < -0.39 is 6.04 Å². The summed E-state index contributed by atoms with van der Waals surface area (Å²) in [5, 5.41) is 6.50. The molecule has 2 aliphatic rings. The van der Waals surface area contributed by atoms with Gasteiger partial charge in [-0.2, -0.15) is 0 Å². The van der Waals surface area contributed by atoms with Crippen LogP contribution in [-0.2, 0) is 16.0 Å². The first kappa shape index (κ1) is 21.1. The number of rotatable bonds is 5. The Morgan fingerprint density at radius 3 is 2.67 bits per heavy atom. The van der Waals surface area contributed by atoms with Gasteiger partial charge in [0.05, 0.1) is 24.2 Å². The molecular weight excluding hydrogens is 414 g/mol. The summed E-state index contributed by atoms with van der Waals surface area (Å²) in [5.74, 6) is 0.591. The standard InChI is InChI=1S/C27H27N3O3/c1-2-18-12-14-19(15-13-18)28-25(32)17-30-22-9-4-3-7-20(22)29-21-8-5-10-23(31)26(21)27(30)24-11-6-16-33-24/h3-4,6-7,9,11-16,27,29H,2,5,8,10,17H2,1H3,(H,28,32)/t27-/m1/s1. The number of nitrogens with zero attached hydrogens (tertiary/aromatic N) is 1. The quantitative estimate of drug-likeness (QED) is 0.550. The topological polar surface area (TPSA) is 74.6 Å². The molecule has 6 heteroatoms. The number of allylic oxidation sites excluding steroid dienone is 1. The number of ketones is 1. The molecule has 6 nitrogen and oxygen atoms in total. The van der Waals surface area contributed by atoms with Crippen LogP contribution in [0, 0.1) is 0 Å². The highest BCUT2D eigenvalue weighted by molar-refractivity contribution is 6.02. The number of carbonyl (C=O) groups excluding carboxylic acids is 2. The van der Waals surface area contributed by atoms with Crippen molar-refractivity contribution in [1.82, 2.24) is 0 Å². The lowest BCUT2D eigenvalue weighted by Crippen LogP contribution is -2.38. The minimum absolute atomic E-state index is 0.0731. The number of Topliss-reactive ketones (excluding diaryl/α,β-unsaturated/α-hetero) is 1. The third kappa shape index (κ3) is 4.16. The highest BCUT2D eigenvalue weighted by Gasteiger charge is 2.38. The summed E-state index contributed by atoms with van der Waals surface area (Å²) in [5.41, 5.74) is 5.31. The Balaban J connectivity index is 1.54. The van der Waals surface area contributed by atoms with Crippen LogP contribution in [0.5, 0.6) is 0 Å². The fourth-order valence-electron chi connectivity index (χ4n) is 4.70. The fourth-order valence-corrected chi connectivity index (χ4v) is 4.70. The van der Waals surface area contributed by atoms with Crippen molar-refractivity contribution in [2.45, 2.75) is 38.6 Å². The molecule has 2 heterocycles. The van der Waals surface area contributed by atoms with Gasteiger partial charge in [0.25, 0.3) is 0 Å². The number of furan rings is 1. The molecule has 2 aromatic carbocycles. The molecule has 33 heavy (non-hydrogen) atoms. The number of aryl methyl sites for hydroxylation is 1. The fraction of sp³-hybridized carbons (Fsp3) is 0.259.